The molecule has 0 unspecified atom stereocenters. The van der Waals surface area contributed by atoms with E-state index in [0.717, 1.165) is 25.2 Å². The predicted octanol–water partition coefficient (Wildman–Crippen LogP) is 2.18. The standard InChI is InChI=1S/C13H18O2/c1-13(2,9-14)8-10-3-4-12-11(7-10)5-6-15-12/h3-4,7,14H,5-6,8-9H2,1-2H3. The molecule has 1 aromatic rings. The number of aliphatic hydroxyl groups excluding tert-OH is 1. The Kier molecular flexibility index (Phi) is 2.70. The summed E-state index contributed by atoms with van der Waals surface area (Å²) in [6, 6.07) is 6.35. The van der Waals surface area contributed by atoms with Gasteiger partial charge in [0.1, 0.15) is 5.75 Å². The highest BCUT2D eigenvalue weighted by Crippen LogP contribution is 2.28. The van der Waals surface area contributed by atoms with Gasteiger partial charge >= 0.3 is 0 Å². The fraction of sp³-hybridized carbons (Fsp3) is 0.538. The third-order valence-electron chi connectivity index (χ3n) is 2.86. The highest BCUT2D eigenvalue weighted by atomic mass is 16.5. The summed E-state index contributed by atoms with van der Waals surface area (Å²) in [5.41, 5.74) is 2.56. The van der Waals surface area contributed by atoms with Gasteiger partial charge in [0.2, 0.25) is 0 Å². The topological polar surface area (TPSA) is 29.5 Å². The molecule has 82 valence electrons. The minimum atomic E-state index is -0.0340. The van der Waals surface area contributed by atoms with Gasteiger partial charge in [0.25, 0.3) is 0 Å². The van der Waals surface area contributed by atoms with Crippen molar-refractivity contribution in [3.05, 3.63) is 29.3 Å². The Morgan fingerprint density at radius 2 is 2.20 bits per heavy atom. The predicted molar refractivity (Wildman–Crippen MR) is 60.2 cm³/mol. The van der Waals surface area contributed by atoms with E-state index in [4.69, 9.17) is 4.74 Å². The van der Waals surface area contributed by atoms with E-state index in [0.29, 0.717) is 0 Å². The summed E-state index contributed by atoms with van der Waals surface area (Å²) < 4.78 is 5.46. The van der Waals surface area contributed by atoms with Gasteiger partial charge < -0.3 is 9.84 Å². The first-order chi connectivity index (χ1) is 7.11. The summed E-state index contributed by atoms with van der Waals surface area (Å²) in [6.45, 7) is 5.19. The number of fused-ring (bicyclic) bond motifs is 1. The van der Waals surface area contributed by atoms with Crippen molar-refractivity contribution in [3.63, 3.8) is 0 Å². The zero-order valence-electron chi connectivity index (χ0n) is 9.42. The molecule has 0 spiro atoms. The van der Waals surface area contributed by atoms with E-state index in [2.05, 4.69) is 26.0 Å². The van der Waals surface area contributed by atoms with Gasteiger partial charge in [-0.1, -0.05) is 26.0 Å². The number of benzene rings is 1. The van der Waals surface area contributed by atoms with Gasteiger partial charge in [-0.05, 0) is 29.0 Å². The Balaban J connectivity index is 2.17. The molecule has 2 rings (SSSR count). The summed E-state index contributed by atoms with van der Waals surface area (Å²) in [5, 5.41) is 9.22. The molecule has 1 aliphatic rings. The van der Waals surface area contributed by atoms with Crippen LogP contribution >= 0.6 is 0 Å². The van der Waals surface area contributed by atoms with Crippen LogP contribution in [0, 0.1) is 5.41 Å². The fourth-order valence-corrected chi connectivity index (χ4v) is 1.96. The largest absolute Gasteiger partial charge is 0.493 e. The van der Waals surface area contributed by atoms with Crippen molar-refractivity contribution < 1.29 is 9.84 Å². The molecule has 0 saturated carbocycles. The van der Waals surface area contributed by atoms with Crippen molar-refractivity contribution in [3.8, 4) is 5.75 Å². The van der Waals surface area contributed by atoms with Gasteiger partial charge in [0, 0.05) is 13.0 Å². The molecule has 0 bridgehead atoms. The van der Waals surface area contributed by atoms with Gasteiger partial charge in [-0.25, -0.2) is 0 Å². The number of ether oxygens (including phenoxy) is 1. The van der Waals surface area contributed by atoms with Crippen LogP contribution in [0.5, 0.6) is 5.75 Å². The summed E-state index contributed by atoms with van der Waals surface area (Å²) in [5.74, 6) is 1.03. The normalized spacial score (nSPS) is 14.9. The molecular formula is C13H18O2. The van der Waals surface area contributed by atoms with E-state index in [1.807, 2.05) is 6.07 Å². The smallest absolute Gasteiger partial charge is 0.122 e. The number of aliphatic hydroxyl groups is 1. The Morgan fingerprint density at radius 1 is 1.40 bits per heavy atom. The molecule has 2 nitrogen and oxygen atoms in total. The third kappa shape index (κ3) is 2.32. The van der Waals surface area contributed by atoms with Crippen molar-refractivity contribution in [2.24, 2.45) is 5.41 Å². The van der Waals surface area contributed by atoms with E-state index < -0.39 is 0 Å². The first-order valence-electron chi connectivity index (χ1n) is 5.46. The van der Waals surface area contributed by atoms with Crippen LogP contribution in [0.15, 0.2) is 18.2 Å². The fourth-order valence-electron chi connectivity index (χ4n) is 1.96. The van der Waals surface area contributed by atoms with Gasteiger partial charge in [-0.15, -0.1) is 0 Å². The van der Waals surface area contributed by atoms with Crippen LogP contribution in [-0.2, 0) is 12.8 Å². The monoisotopic (exact) mass is 206 g/mol. The Hall–Kier alpha value is -1.02. The van der Waals surface area contributed by atoms with E-state index in [-0.39, 0.29) is 12.0 Å². The lowest BCUT2D eigenvalue weighted by atomic mass is 9.86. The lowest BCUT2D eigenvalue weighted by Crippen LogP contribution is -2.19. The lowest BCUT2D eigenvalue weighted by Gasteiger charge is -2.21. The van der Waals surface area contributed by atoms with Crippen LogP contribution in [0.3, 0.4) is 0 Å². The van der Waals surface area contributed by atoms with Crippen molar-refractivity contribution >= 4 is 0 Å². The number of rotatable bonds is 3. The van der Waals surface area contributed by atoms with Crippen LogP contribution in [-0.4, -0.2) is 18.3 Å². The summed E-state index contributed by atoms with van der Waals surface area (Å²) >= 11 is 0. The summed E-state index contributed by atoms with van der Waals surface area (Å²) in [4.78, 5) is 0. The minimum Gasteiger partial charge on any atom is -0.493 e. The SMILES string of the molecule is CC(C)(CO)Cc1ccc2c(c1)CCO2. The molecule has 0 saturated heterocycles. The molecular weight excluding hydrogens is 188 g/mol. The van der Waals surface area contributed by atoms with Gasteiger partial charge in [-0.3, -0.25) is 0 Å². The first kappa shape index (κ1) is 10.5. The quantitative estimate of drug-likeness (QED) is 0.821. The highest BCUT2D eigenvalue weighted by Gasteiger charge is 2.19. The Bertz CT molecular complexity index is 356. The second kappa shape index (κ2) is 3.86. The van der Waals surface area contributed by atoms with Crippen LogP contribution in [0.4, 0.5) is 0 Å². The lowest BCUT2D eigenvalue weighted by molar-refractivity contribution is 0.159. The van der Waals surface area contributed by atoms with E-state index in [1.165, 1.54) is 11.1 Å². The molecule has 0 radical (unpaired) electrons. The molecule has 1 N–H and O–H groups in total. The molecule has 0 atom stereocenters. The van der Waals surface area contributed by atoms with Gasteiger partial charge in [-0.2, -0.15) is 0 Å². The first-order valence-corrected chi connectivity index (χ1v) is 5.46. The average Bonchev–Trinajstić information content (AvgIpc) is 2.64. The molecule has 2 heteroatoms. The van der Waals surface area contributed by atoms with E-state index in [1.54, 1.807) is 0 Å². The number of hydrogen-bond acceptors (Lipinski definition) is 2. The maximum atomic E-state index is 9.22. The zero-order chi connectivity index (χ0) is 10.9. The van der Waals surface area contributed by atoms with Crippen LogP contribution in [0.1, 0.15) is 25.0 Å². The van der Waals surface area contributed by atoms with Crippen molar-refractivity contribution in [1.82, 2.24) is 0 Å². The molecule has 1 aromatic carbocycles. The van der Waals surface area contributed by atoms with Crippen molar-refractivity contribution in [2.75, 3.05) is 13.2 Å². The number of hydrogen-bond donors (Lipinski definition) is 1. The zero-order valence-corrected chi connectivity index (χ0v) is 9.42. The van der Waals surface area contributed by atoms with Gasteiger partial charge in [0.15, 0.2) is 0 Å². The molecule has 0 aromatic heterocycles. The second-order valence-corrected chi connectivity index (χ2v) is 5.04. The molecule has 0 amide bonds. The molecule has 0 aliphatic carbocycles. The molecule has 0 fully saturated rings. The van der Waals surface area contributed by atoms with Gasteiger partial charge in [0.05, 0.1) is 6.61 Å². The third-order valence-corrected chi connectivity index (χ3v) is 2.86. The molecule has 15 heavy (non-hydrogen) atoms. The van der Waals surface area contributed by atoms with Crippen LogP contribution in [0.2, 0.25) is 0 Å². The maximum Gasteiger partial charge on any atom is 0.122 e. The van der Waals surface area contributed by atoms with Crippen LogP contribution in [0.25, 0.3) is 0 Å². The minimum absolute atomic E-state index is 0.0340. The van der Waals surface area contributed by atoms with Crippen LogP contribution < -0.4 is 4.74 Å². The summed E-state index contributed by atoms with van der Waals surface area (Å²) in [7, 11) is 0. The van der Waals surface area contributed by atoms with E-state index >= 15 is 0 Å². The Labute approximate surface area is 90.9 Å². The highest BCUT2D eigenvalue weighted by molar-refractivity contribution is 5.40. The molecule has 1 aliphatic heterocycles. The summed E-state index contributed by atoms with van der Waals surface area (Å²) in [6.07, 6.45) is 1.93. The van der Waals surface area contributed by atoms with Crippen molar-refractivity contribution in [2.45, 2.75) is 26.7 Å². The molecule has 1 heterocycles. The van der Waals surface area contributed by atoms with E-state index in [9.17, 15) is 5.11 Å². The second-order valence-electron chi connectivity index (χ2n) is 5.04. The Morgan fingerprint density at radius 3 is 2.93 bits per heavy atom. The van der Waals surface area contributed by atoms with Crippen molar-refractivity contribution in [1.29, 1.82) is 0 Å². The average molecular weight is 206 g/mol. The maximum absolute atomic E-state index is 9.22.